The van der Waals surface area contributed by atoms with Gasteiger partial charge in [-0.05, 0) is 18.9 Å². The molecule has 1 rings (SSSR count). The van der Waals surface area contributed by atoms with Gasteiger partial charge in [0.05, 0.1) is 5.56 Å². The van der Waals surface area contributed by atoms with E-state index in [2.05, 4.69) is 16.7 Å². The molecule has 5 heteroatoms. The summed E-state index contributed by atoms with van der Waals surface area (Å²) in [6, 6.07) is 1.72. The fourth-order valence-corrected chi connectivity index (χ4v) is 0.681. The first-order chi connectivity index (χ1) is 5.54. The standard InChI is InChI=1S/C7H5F3N2/c1-11-6-4-5(2-3-12-6)7(8,9)10/h2-4H,1H2. The molecule has 0 radical (unpaired) electrons. The van der Waals surface area contributed by atoms with Gasteiger partial charge in [0.2, 0.25) is 0 Å². The van der Waals surface area contributed by atoms with Crippen LogP contribution in [0.5, 0.6) is 0 Å². The minimum atomic E-state index is -4.34. The van der Waals surface area contributed by atoms with Crippen molar-refractivity contribution >= 4 is 12.5 Å². The average Bonchev–Trinajstić information content (AvgIpc) is 2.03. The summed E-state index contributed by atoms with van der Waals surface area (Å²) in [5.74, 6) is -0.0233. The first-order valence-electron chi connectivity index (χ1n) is 3.04. The Hall–Kier alpha value is -1.39. The van der Waals surface area contributed by atoms with Crippen LogP contribution in [0.1, 0.15) is 5.56 Å². The summed E-state index contributed by atoms with van der Waals surface area (Å²) in [5.41, 5.74) is -0.764. The summed E-state index contributed by atoms with van der Waals surface area (Å²) < 4.78 is 36.0. The minimum absolute atomic E-state index is 0.0233. The van der Waals surface area contributed by atoms with E-state index in [0.29, 0.717) is 0 Å². The van der Waals surface area contributed by atoms with Gasteiger partial charge in [0, 0.05) is 6.20 Å². The molecule has 64 valence electrons. The molecule has 1 aromatic rings. The predicted octanol–water partition coefficient (Wildman–Crippen LogP) is 2.43. The number of halogens is 3. The monoisotopic (exact) mass is 174 g/mol. The van der Waals surface area contributed by atoms with E-state index >= 15 is 0 Å². The van der Waals surface area contributed by atoms with Gasteiger partial charge in [0.25, 0.3) is 0 Å². The lowest BCUT2D eigenvalue weighted by atomic mass is 10.2. The first kappa shape index (κ1) is 8.70. The van der Waals surface area contributed by atoms with Gasteiger partial charge in [-0.25, -0.2) is 9.98 Å². The second-order valence-corrected chi connectivity index (χ2v) is 2.06. The molecule has 0 aliphatic carbocycles. The van der Waals surface area contributed by atoms with Gasteiger partial charge in [-0.15, -0.1) is 0 Å². The van der Waals surface area contributed by atoms with Crippen LogP contribution in [0.25, 0.3) is 0 Å². The summed E-state index contributed by atoms with van der Waals surface area (Å²) in [6.45, 7) is 3.07. The van der Waals surface area contributed by atoms with Crippen molar-refractivity contribution < 1.29 is 13.2 Å². The molecule has 1 heterocycles. The van der Waals surface area contributed by atoms with Gasteiger partial charge in [0.1, 0.15) is 0 Å². The van der Waals surface area contributed by atoms with E-state index in [4.69, 9.17) is 0 Å². The smallest absolute Gasteiger partial charge is 0.245 e. The van der Waals surface area contributed by atoms with Crippen LogP contribution in [0.15, 0.2) is 23.3 Å². The molecule has 0 N–H and O–H groups in total. The van der Waals surface area contributed by atoms with Gasteiger partial charge in [0.15, 0.2) is 5.82 Å². The Kier molecular flexibility index (Phi) is 2.12. The Labute approximate surface area is 66.8 Å². The molecule has 1 aromatic heterocycles. The minimum Gasteiger partial charge on any atom is -0.245 e. The van der Waals surface area contributed by atoms with Crippen LogP contribution < -0.4 is 0 Å². The Balaban J connectivity index is 3.10. The van der Waals surface area contributed by atoms with Crippen molar-refractivity contribution in [3.8, 4) is 0 Å². The van der Waals surface area contributed by atoms with Crippen molar-refractivity contribution in [2.24, 2.45) is 4.99 Å². The van der Waals surface area contributed by atoms with Gasteiger partial charge in [-0.2, -0.15) is 13.2 Å². The zero-order chi connectivity index (χ0) is 9.19. The molecule has 0 amide bonds. The molecule has 12 heavy (non-hydrogen) atoms. The highest BCUT2D eigenvalue weighted by Crippen LogP contribution is 2.30. The van der Waals surface area contributed by atoms with E-state index in [1.54, 1.807) is 0 Å². The molecule has 0 atom stereocenters. The topological polar surface area (TPSA) is 25.2 Å². The third-order valence-corrected chi connectivity index (χ3v) is 1.23. The number of aromatic nitrogens is 1. The van der Waals surface area contributed by atoms with Crippen LogP contribution in [0.3, 0.4) is 0 Å². The second kappa shape index (κ2) is 2.92. The summed E-state index contributed by atoms with van der Waals surface area (Å²) >= 11 is 0. The molecule has 0 aliphatic heterocycles. The fourth-order valence-electron chi connectivity index (χ4n) is 0.681. The Bertz CT molecular complexity index is 293. The Morgan fingerprint density at radius 3 is 2.58 bits per heavy atom. The molecule has 0 aliphatic rings. The average molecular weight is 174 g/mol. The third kappa shape index (κ3) is 1.81. The third-order valence-electron chi connectivity index (χ3n) is 1.23. The van der Waals surface area contributed by atoms with Gasteiger partial charge in [-0.3, -0.25) is 0 Å². The van der Waals surface area contributed by atoms with Crippen molar-refractivity contribution in [1.82, 2.24) is 4.98 Å². The molecule has 0 saturated carbocycles. The molecule has 0 fully saturated rings. The van der Waals surface area contributed by atoms with Crippen molar-refractivity contribution in [1.29, 1.82) is 0 Å². The van der Waals surface area contributed by atoms with E-state index < -0.39 is 11.7 Å². The fraction of sp³-hybridized carbons (Fsp3) is 0.143. The predicted molar refractivity (Wildman–Crippen MR) is 38.4 cm³/mol. The van der Waals surface area contributed by atoms with Crippen molar-refractivity contribution in [2.75, 3.05) is 0 Å². The van der Waals surface area contributed by atoms with Crippen LogP contribution in [-0.2, 0) is 6.18 Å². The highest BCUT2D eigenvalue weighted by Gasteiger charge is 2.30. The van der Waals surface area contributed by atoms with Gasteiger partial charge < -0.3 is 0 Å². The highest BCUT2D eigenvalue weighted by molar-refractivity contribution is 5.41. The van der Waals surface area contributed by atoms with Crippen molar-refractivity contribution in [2.45, 2.75) is 6.18 Å². The lowest BCUT2D eigenvalue weighted by Crippen LogP contribution is -2.04. The lowest BCUT2D eigenvalue weighted by molar-refractivity contribution is -0.137. The molecule has 0 aromatic carbocycles. The number of nitrogens with zero attached hydrogens (tertiary/aromatic N) is 2. The van der Waals surface area contributed by atoms with Crippen molar-refractivity contribution in [3.63, 3.8) is 0 Å². The SMILES string of the molecule is C=Nc1cc(C(F)(F)F)ccn1. The normalized spacial score (nSPS) is 11.2. The molecule has 0 bridgehead atoms. The van der Waals surface area contributed by atoms with E-state index in [1.165, 1.54) is 0 Å². The highest BCUT2D eigenvalue weighted by atomic mass is 19.4. The van der Waals surface area contributed by atoms with Crippen LogP contribution in [0.4, 0.5) is 19.0 Å². The lowest BCUT2D eigenvalue weighted by Gasteiger charge is -2.05. The van der Waals surface area contributed by atoms with Crippen LogP contribution in [-0.4, -0.2) is 11.7 Å². The quantitative estimate of drug-likeness (QED) is 0.600. The van der Waals surface area contributed by atoms with Gasteiger partial charge >= 0.3 is 6.18 Å². The van der Waals surface area contributed by atoms with E-state index in [9.17, 15) is 13.2 Å². The molecular formula is C7H5F3N2. The molecular weight excluding hydrogens is 169 g/mol. The zero-order valence-electron chi connectivity index (χ0n) is 5.97. The number of aliphatic imine (C=N–C) groups is 1. The summed E-state index contributed by atoms with van der Waals surface area (Å²) in [4.78, 5) is 6.83. The first-order valence-corrected chi connectivity index (χ1v) is 3.04. The number of alkyl halides is 3. The number of hydrogen-bond acceptors (Lipinski definition) is 2. The molecule has 2 nitrogen and oxygen atoms in total. The van der Waals surface area contributed by atoms with Crippen LogP contribution in [0, 0.1) is 0 Å². The maximum absolute atomic E-state index is 12.0. The van der Waals surface area contributed by atoms with Crippen LogP contribution in [0.2, 0.25) is 0 Å². The van der Waals surface area contributed by atoms with Crippen LogP contribution >= 0.6 is 0 Å². The summed E-state index contributed by atoms with van der Waals surface area (Å²) in [6.07, 6.45) is -3.30. The van der Waals surface area contributed by atoms with E-state index in [0.717, 1.165) is 18.3 Å². The second-order valence-electron chi connectivity index (χ2n) is 2.06. The Morgan fingerprint density at radius 1 is 1.42 bits per heavy atom. The van der Waals surface area contributed by atoms with Crippen molar-refractivity contribution in [3.05, 3.63) is 23.9 Å². The number of rotatable bonds is 1. The van der Waals surface area contributed by atoms with E-state index in [1.807, 2.05) is 0 Å². The number of pyridine rings is 1. The molecule has 0 spiro atoms. The Morgan fingerprint density at radius 2 is 2.08 bits per heavy atom. The maximum Gasteiger partial charge on any atom is 0.416 e. The molecule has 0 saturated heterocycles. The number of hydrogen-bond donors (Lipinski definition) is 0. The molecule has 0 unspecified atom stereocenters. The summed E-state index contributed by atoms with van der Waals surface area (Å²) in [7, 11) is 0. The largest absolute Gasteiger partial charge is 0.416 e. The zero-order valence-corrected chi connectivity index (χ0v) is 5.97. The maximum atomic E-state index is 12.0. The van der Waals surface area contributed by atoms with Gasteiger partial charge in [-0.1, -0.05) is 0 Å². The summed E-state index contributed by atoms with van der Waals surface area (Å²) in [5, 5.41) is 0. The van der Waals surface area contributed by atoms with E-state index in [-0.39, 0.29) is 5.82 Å².